The van der Waals surface area contributed by atoms with Crippen LogP contribution in [0.1, 0.15) is 0 Å². The molecule has 0 fully saturated rings. The van der Waals surface area contributed by atoms with Crippen molar-refractivity contribution in [3.05, 3.63) is 46.9 Å². The molecule has 0 amide bonds. The van der Waals surface area contributed by atoms with Crippen molar-refractivity contribution in [2.45, 2.75) is 4.90 Å². The lowest BCUT2D eigenvalue weighted by Crippen LogP contribution is -2.28. The van der Waals surface area contributed by atoms with Gasteiger partial charge in [-0.15, -0.1) is 0 Å². The summed E-state index contributed by atoms with van der Waals surface area (Å²) in [6.45, 7) is 1.32. The minimum atomic E-state index is -3.83. The summed E-state index contributed by atoms with van der Waals surface area (Å²) in [6.07, 6.45) is 0. The van der Waals surface area contributed by atoms with E-state index < -0.39 is 15.8 Å². The third kappa shape index (κ3) is 2.82. The Morgan fingerprint density at radius 1 is 1.20 bits per heavy atom. The summed E-state index contributed by atoms with van der Waals surface area (Å²) in [7, 11) is -1.88. The lowest BCUT2D eigenvalue weighted by Gasteiger charge is -2.28. The van der Waals surface area contributed by atoms with Crippen LogP contribution in [-0.2, 0) is 10.0 Å². The number of benzene rings is 2. The zero-order valence-electron chi connectivity index (χ0n) is 13.3. The number of ether oxygens (including phenoxy) is 1. The summed E-state index contributed by atoms with van der Waals surface area (Å²) in [5.74, 6) is -0.00510. The number of oxazole rings is 1. The number of hydrogen-bond acceptors (Lipinski definition) is 6. The molecule has 1 aliphatic heterocycles. The molecule has 25 heavy (non-hydrogen) atoms. The maximum Gasteiger partial charge on any atom is 0.417 e. The van der Waals surface area contributed by atoms with E-state index in [4.69, 9.17) is 9.15 Å². The molecule has 0 bridgehead atoms. The van der Waals surface area contributed by atoms with Crippen molar-refractivity contribution in [3.63, 3.8) is 0 Å². The fourth-order valence-electron chi connectivity index (χ4n) is 2.73. The van der Waals surface area contributed by atoms with Crippen LogP contribution in [0.2, 0.25) is 0 Å². The summed E-state index contributed by atoms with van der Waals surface area (Å²) >= 11 is 0. The van der Waals surface area contributed by atoms with E-state index in [1.165, 1.54) is 18.2 Å². The number of nitrogens with one attached hydrogen (secondary N) is 2. The van der Waals surface area contributed by atoms with E-state index >= 15 is 0 Å². The van der Waals surface area contributed by atoms with E-state index in [9.17, 15) is 13.2 Å². The number of fused-ring (bicyclic) bond motifs is 2. The third-order valence-corrected chi connectivity index (χ3v) is 5.39. The van der Waals surface area contributed by atoms with Crippen LogP contribution in [0.4, 0.5) is 11.4 Å². The van der Waals surface area contributed by atoms with Crippen molar-refractivity contribution in [3.8, 4) is 5.75 Å². The number of anilines is 2. The zero-order valence-corrected chi connectivity index (χ0v) is 14.1. The minimum Gasteiger partial charge on any atom is -0.489 e. The second-order valence-corrected chi connectivity index (χ2v) is 7.41. The van der Waals surface area contributed by atoms with Gasteiger partial charge in [-0.1, -0.05) is 0 Å². The molecule has 2 heterocycles. The number of sulfonamides is 1. The monoisotopic (exact) mass is 361 g/mol. The van der Waals surface area contributed by atoms with Crippen molar-refractivity contribution >= 4 is 32.5 Å². The maximum absolute atomic E-state index is 12.6. The molecular weight excluding hydrogens is 346 g/mol. The molecule has 2 aromatic carbocycles. The first-order valence-corrected chi connectivity index (χ1v) is 9.04. The van der Waals surface area contributed by atoms with Gasteiger partial charge in [0.05, 0.1) is 28.3 Å². The van der Waals surface area contributed by atoms with E-state index in [-0.39, 0.29) is 10.5 Å². The van der Waals surface area contributed by atoms with Gasteiger partial charge in [-0.3, -0.25) is 9.71 Å². The Labute approximate surface area is 143 Å². The molecule has 130 valence electrons. The molecule has 0 aliphatic carbocycles. The fourth-order valence-corrected chi connectivity index (χ4v) is 3.79. The van der Waals surface area contributed by atoms with E-state index in [1.807, 2.05) is 11.9 Å². The van der Waals surface area contributed by atoms with Crippen molar-refractivity contribution in [1.29, 1.82) is 0 Å². The van der Waals surface area contributed by atoms with Gasteiger partial charge in [0.25, 0.3) is 10.0 Å². The number of aromatic amines is 1. The highest BCUT2D eigenvalue weighted by Gasteiger charge is 2.19. The molecule has 0 saturated heterocycles. The minimum absolute atomic E-state index is 0.00138. The lowest BCUT2D eigenvalue weighted by atomic mass is 10.2. The van der Waals surface area contributed by atoms with Gasteiger partial charge in [-0.25, -0.2) is 13.2 Å². The highest BCUT2D eigenvalue weighted by molar-refractivity contribution is 7.92. The number of nitrogens with zero attached hydrogens (tertiary/aromatic N) is 1. The largest absolute Gasteiger partial charge is 0.489 e. The van der Waals surface area contributed by atoms with Crippen molar-refractivity contribution < 1.29 is 17.6 Å². The van der Waals surface area contributed by atoms with Crippen LogP contribution in [0.3, 0.4) is 0 Å². The van der Waals surface area contributed by atoms with Gasteiger partial charge in [0, 0.05) is 19.2 Å². The van der Waals surface area contributed by atoms with Crippen LogP contribution in [0, 0.1) is 0 Å². The summed E-state index contributed by atoms with van der Waals surface area (Å²) in [4.78, 5) is 15.7. The zero-order chi connectivity index (χ0) is 17.6. The Bertz CT molecular complexity index is 1120. The summed E-state index contributed by atoms with van der Waals surface area (Å²) in [6, 6.07) is 9.32. The lowest BCUT2D eigenvalue weighted by molar-refractivity contribution is 0.311. The highest BCUT2D eigenvalue weighted by Crippen LogP contribution is 2.33. The molecule has 0 unspecified atom stereocenters. The van der Waals surface area contributed by atoms with E-state index in [0.29, 0.717) is 23.6 Å². The Morgan fingerprint density at radius 3 is 2.88 bits per heavy atom. The van der Waals surface area contributed by atoms with Crippen LogP contribution < -0.4 is 20.1 Å². The molecule has 2 N–H and O–H groups in total. The molecular formula is C16H15N3O5S. The number of rotatable bonds is 3. The first-order chi connectivity index (χ1) is 11.9. The predicted molar refractivity (Wildman–Crippen MR) is 92.9 cm³/mol. The van der Waals surface area contributed by atoms with Gasteiger partial charge in [0.1, 0.15) is 12.4 Å². The Balaban J connectivity index is 1.67. The predicted octanol–water partition coefficient (Wildman–Crippen LogP) is 1.75. The average molecular weight is 361 g/mol. The van der Waals surface area contributed by atoms with Crippen LogP contribution in [0.25, 0.3) is 11.1 Å². The van der Waals surface area contributed by atoms with Crippen LogP contribution >= 0.6 is 0 Å². The van der Waals surface area contributed by atoms with E-state index in [0.717, 1.165) is 12.2 Å². The average Bonchev–Trinajstić information content (AvgIpc) is 2.93. The van der Waals surface area contributed by atoms with Crippen LogP contribution in [0.5, 0.6) is 5.75 Å². The molecule has 0 radical (unpaired) electrons. The number of likely N-dealkylation sites (N-methyl/N-ethyl adjacent to an activating group) is 1. The fraction of sp³-hybridized carbons (Fsp3) is 0.188. The number of hydrogen-bond donors (Lipinski definition) is 2. The van der Waals surface area contributed by atoms with Crippen molar-refractivity contribution in [2.24, 2.45) is 0 Å². The van der Waals surface area contributed by atoms with Crippen LogP contribution in [0.15, 0.2) is 50.5 Å². The third-order valence-electron chi connectivity index (χ3n) is 4.01. The molecule has 0 atom stereocenters. The molecule has 9 heteroatoms. The molecule has 3 aromatic rings. The topological polar surface area (TPSA) is 105 Å². The Kier molecular flexibility index (Phi) is 3.46. The first-order valence-electron chi connectivity index (χ1n) is 7.56. The standard InChI is InChI=1S/C16H15N3O5S/c1-19-6-7-23-15-8-10(2-5-13(15)19)18-25(21,22)11-3-4-12-14(9-11)24-16(20)17-12/h2-5,8-9,18H,6-7H2,1H3,(H,17,20). The molecule has 4 rings (SSSR count). The van der Waals surface area contributed by atoms with Crippen molar-refractivity contribution in [2.75, 3.05) is 29.8 Å². The number of H-pyrrole nitrogens is 1. The van der Waals surface area contributed by atoms with Crippen molar-refractivity contribution in [1.82, 2.24) is 4.98 Å². The van der Waals surface area contributed by atoms with Gasteiger partial charge in [-0.05, 0) is 24.3 Å². The highest BCUT2D eigenvalue weighted by atomic mass is 32.2. The molecule has 1 aliphatic rings. The van der Waals surface area contributed by atoms with Gasteiger partial charge in [0.15, 0.2) is 5.58 Å². The second kappa shape index (κ2) is 5.55. The molecule has 0 saturated carbocycles. The quantitative estimate of drug-likeness (QED) is 0.736. The van der Waals surface area contributed by atoms with Gasteiger partial charge >= 0.3 is 5.76 Å². The second-order valence-electron chi connectivity index (χ2n) is 5.73. The SMILES string of the molecule is CN1CCOc2cc(NS(=O)(=O)c3ccc4[nH]c(=O)oc4c3)ccc21. The van der Waals surface area contributed by atoms with Gasteiger partial charge in [0.2, 0.25) is 0 Å². The molecule has 1 aromatic heterocycles. The normalized spacial score (nSPS) is 14.2. The first kappa shape index (κ1) is 15.6. The summed E-state index contributed by atoms with van der Waals surface area (Å²) in [5.41, 5.74) is 1.92. The van der Waals surface area contributed by atoms with Gasteiger partial charge < -0.3 is 14.1 Å². The molecule has 8 nitrogen and oxygen atoms in total. The van der Waals surface area contributed by atoms with Gasteiger partial charge in [-0.2, -0.15) is 0 Å². The van der Waals surface area contributed by atoms with E-state index in [2.05, 4.69) is 9.71 Å². The Morgan fingerprint density at radius 2 is 2.04 bits per heavy atom. The summed E-state index contributed by atoms with van der Waals surface area (Å²) in [5, 5.41) is 0. The smallest absolute Gasteiger partial charge is 0.417 e. The Hall–Kier alpha value is -2.94. The summed E-state index contributed by atoms with van der Waals surface area (Å²) < 4.78 is 38.2. The van der Waals surface area contributed by atoms with E-state index in [1.54, 1.807) is 18.2 Å². The molecule has 0 spiro atoms. The maximum atomic E-state index is 12.6. The van der Waals surface area contributed by atoms with Crippen LogP contribution in [-0.4, -0.2) is 33.6 Å². The number of aromatic nitrogens is 1.